The largest absolute Gasteiger partial charge is 0.435 e. The molecule has 2 heterocycles. The molecule has 0 saturated heterocycles. The molecule has 0 unspecified atom stereocenters. The molecule has 0 bridgehead atoms. The summed E-state index contributed by atoms with van der Waals surface area (Å²) in [7, 11) is 0. The van der Waals surface area contributed by atoms with E-state index in [0.717, 1.165) is 16.2 Å². The van der Waals surface area contributed by atoms with Gasteiger partial charge in [-0.15, -0.1) is 11.3 Å². The van der Waals surface area contributed by atoms with Crippen molar-refractivity contribution in [2.45, 2.75) is 19.5 Å². The van der Waals surface area contributed by atoms with Crippen LogP contribution in [0.1, 0.15) is 11.3 Å². The number of imidazole rings is 1. The Labute approximate surface area is 140 Å². The number of ether oxygens (including phenoxy) is 1. The number of carbonyl (C=O) groups excluding carboxylic acids is 1. The summed E-state index contributed by atoms with van der Waals surface area (Å²) in [4.78, 5) is 17.1. The third-order valence-electron chi connectivity index (χ3n) is 3.37. The van der Waals surface area contributed by atoms with Gasteiger partial charge in [0.05, 0.1) is 12.1 Å². The number of benzene rings is 1. The second-order valence-electron chi connectivity index (χ2n) is 5.12. The number of nitrogens with zero attached hydrogens (tertiary/aromatic N) is 2. The van der Waals surface area contributed by atoms with Crippen LogP contribution in [0.15, 0.2) is 42.0 Å². The van der Waals surface area contributed by atoms with Crippen LogP contribution in [0.3, 0.4) is 0 Å². The highest BCUT2D eigenvalue weighted by atomic mass is 32.1. The highest BCUT2D eigenvalue weighted by Gasteiger charge is 2.08. The molecule has 8 heteroatoms. The Balaban J connectivity index is 1.43. The molecule has 3 rings (SSSR count). The van der Waals surface area contributed by atoms with Crippen LogP contribution in [-0.4, -0.2) is 28.4 Å². The molecule has 0 radical (unpaired) electrons. The number of hydrogen-bond acceptors (Lipinski definition) is 4. The maximum Gasteiger partial charge on any atom is 0.387 e. The molecule has 0 saturated carbocycles. The average Bonchev–Trinajstić information content (AvgIpc) is 3.09. The van der Waals surface area contributed by atoms with Gasteiger partial charge in [-0.1, -0.05) is 12.1 Å². The van der Waals surface area contributed by atoms with Gasteiger partial charge in [-0.25, -0.2) is 4.98 Å². The highest BCUT2D eigenvalue weighted by molar-refractivity contribution is 7.15. The lowest BCUT2D eigenvalue weighted by molar-refractivity contribution is -0.120. The number of thiazole rings is 1. The first-order valence-electron chi connectivity index (χ1n) is 7.32. The summed E-state index contributed by atoms with van der Waals surface area (Å²) < 4.78 is 30.3. The summed E-state index contributed by atoms with van der Waals surface area (Å²) in [6, 6.07) is 6.38. The Bertz CT molecular complexity index is 786. The third-order valence-corrected chi connectivity index (χ3v) is 4.14. The minimum absolute atomic E-state index is 0.0987. The van der Waals surface area contributed by atoms with Gasteiger partial charge in [-0.2, -0.15) is 8.78 Å². The third kappa shape index (κ3) is 4.29. The number of fused-ring (bicyclic) bond motifs is 1. The summed E-state index contributed by atoms with van der Waals surface area (Å²) in [6.07, 6.45) is 4.58. The van der Waals surface area contributed by atoms with Crippen LogP contribution in [0.25, 0.3) is 4.96 Å². The number of rotatable bonds is 7. The van der Waals surface area contributed by atoms with Crippen LogP contribution < -0.4 is 10.1 Å². The van der Waals surface area contributed by atoms with Crippen LogP contribution in [0, 0.1) is 0 Å². The molecule has 0 aliphatic carbocycles. The molecule has 3 aromatic rings. The molecule has 0 fully saturated rings. The zero-order valence-corrected chi connectivity index (χ0v) is 13.4. The highest BCUT2D eigenvalue weighted by Crippen LogP contribution is 2.15. The van der Waals surface area contributed by atoms with Gasteiger partial charge in [-0.05, 0) is 24.1 Å². The number of halogens is 2. The van der Waals surface area contributed by atoms with Crippen molar-refractivity contribution in [3.8, 4) is 5.75 Å². The number of alkyl halides is 2. The van der Waals surface area contributed by atoms with Gasteiger partial charge in [0.1, 0.15) is 5.75 Å². The van der Waals surface area contributed by atoms with E-state index in [0.29, 0.717) is 13.0 Å². The van der Waals surface area contributed by atoms with Gasteiger partial charge >= 0.3 is 6.61 Å². The smallest absolute Gasteiger partial charge is 0.387 e. The monoisotopic (exact) mass is 351 g/mol. The van der Waals surface area contributed by atoms with Gasteiger partial charge in [0.2, 0.25) is 5.91 Å². The topological polar surface area (TPSA) is 55.6 Å². The summed E-state index contributed by atoms with van der Waals surface area (Å²) in [5.41, 5.74) is 1.66. The van der Waals surface area contributed by atoms with E-state index in [9.17, 15) is 13.6 Å². The normalized spacial score (nSPS) is 11.1. The second kappa shape index (κ2) is 7.39. The average molecular weight is 351 g/mol. The molecule has 1 amide bonds. The van der Waals surface area contributed by atoms with Gasteiger partial charge in [0, 0.05) is 24.3 Å². The van der Waals surface area contributed by atoms with E-state index in [1.54, 1.807) is 12.1 Å². The number of aromatic nitrogens is 2. The number of hydrogen-bond donors (Lipinski definition) is 1. The van der Waals surface area contributed by atoms with Crippen molar-refractivity contribution in [1.29, 1.82) is 0 Å². The Morgan fingerprint density at radius 2 is 2.12 bits per heavy atom. The van der Waals surface area contributed by atoms with Gasteiger partial charge < -0.3 is 10.1 Å². The van der Waals surface area contributed by atoms with E-state index in [1.807, 2.05) is 22.2 Å². The van der Waals surface area contributed by atoms with Crippen LogP contribution >= 0.6 is 11.3 Å². The molecule has 2 aromatic heterocycles. The summed E-state index contributed by atoms with van der Waals surface area (Å²) >= 11 is 1.52. The zero-order valence-electron chi connectivity index (χ0n) is 12.6. The first kappa shape index (κ1) is 16.4. The van der Waals surface area contributed by atoms with E-state index in [4.69, 9.17) is 0 Å². The lowest BCUT2D eigenvalue weighted by Gasteiger charge is -2.07. The van der Waals surface area contributed by atoms with E-state index < -0.39 is 6.61 Å². The molecule has 0 spiro atoms. The molecule has 5 nitrogen and oxygen atoms in total. The zero-order chi connectivity index (χ0) is 16.9. The Morgan fingerprint density at radius 1 is 1.33 bits per heavy atom. The van der Waals surface area contributed by atoms with Crippen LogP contribution in [0.4, 0.5) is 8.78 Å². The fraction of sp³-hybridized carbons (Fsp3) is 0.250. The fourth-order valence-electron chi connectivity index (χ4n) is 2.27. The molecular formula is C16H15F2N3O2S. The van der Waals surface area contributed by atoms with Crippen molar-refractivity contribution in [2.75, 3.05) is 6.54 Å². The first-order chi connectivity index (χ1) is 11.6. The molecule has 126 valence electrons. The predicted molar refractivity (Wildman–Crippen MR) is 86.6 cm³/mol. The van der Waals surface area contributed by atoms with Crippen molar-refractivity contribution in [1.82, 2.24) is 14.7 Å². The van der Waals surface area contributed by atoms with Crippen molar-refractivity contribution in [2.24, 2.45) is 0 Å². The first-order valence-corrected chi connectivity index (χ1v) is 8.19. The quantitative estimate of drug-likeness (QED) is 0.712. The van der Waals surface area contributed by atoms with Crippen molar-refractivity contribution in [3.05, 3.63) is 53.3 Å². The van der Waals surface area contributed by atoms with Crippen LogP contribution in [0.5, 0.6) is 5.75 Å². The Hall–Kier alpha value is -2.48. The minimum atomic E-state index is -2.83. The van der Waals surface area contributed by atoms with E-state index >= 15 is 0 Å². The molecule has 1 aromatic carbocycles. The van der Waals surface area contributed by atoms with E-state index in [1.165, 1.54) is 23.5 Å². The van der Waals surface area contributed by atoms with Gasteiger partial charge in [0.25, 0.3) is 0 Å². The van der Waals surface area contributed by atoms with Crippen molar-refractivity contribution in [3.63, 3.8) is 0 Å². The molecular weight excluding hydrogens is 336 g/mol. The summed E-state index contributed by atoms with van der Waals surface area (Å²) in [6.45, 7) is -2.36. The maximum absolute atomic E-state index is 12.1. The van der Waals surface area contributed by atoms with E-state index in [-0.39, 0.29) is 18.1 Å². The lowest BCUT2D eigenvalue weighted by Crippen LogP contribution is -2.27. The van der Waals surface area contributed by atoms with Crippen molar-refractivity contribution < 1.29 is 18.3 Å². The molecule has 24 heavy (non-hydrogen) atoms. The Kier molecular flexibility index (Phi) is 5.05. The SMILES string of the molecule is O=C(Cc1cn2ccsc2n1)NCCc1ccc(OC(F)F)cc1. The number of nitrogens with one attached hydrogen (secondary N) is 1. The van der Waals surface area contributed by atoms with Gasteiger partial charge in [-0.3, -0.25) is 9.20 Å². The molecule has 0 aliphatic rings. The summed E-state index contributed by atoms with van der Waals surface area (Å²) in [5.74, 6) is 0.0240. The fourth-order valence-corrected chi connectivity index (χ4v) is 2.99. The van der Waals surface area contributed by atoms with Gasteiger partial charge in [0.15, 0.2) is 4.96 Å². The summed E-state index contributed by atoms with van der Waals surface area (Å²) in [5, 5.41) is 4.76. The van der Waals surface area contributed by atoms with Crippen molar-refractivity contribution >= 4 is 22.2 Å². The maximum atomic E-state index is 12.1. The predicted octanol–water partition coefficient (Wildman–Crippen LogP) is 2.90. The van der Waals surface area contributed by atoms with Crippen LogP contribution in [0.2, 0.25) is 0 Å². The molecule has 1 N–H and O–H groups in total. The number of amides is 1. The molecule has 0 atom stereocenters. The molecule has 0 aliphatic heterocycles. The Morgan fingerprint density at radius 3 is 2.83 bits per heavy atom. The second-order valence-corrected chi connectivity index (χ2v) is 6.00. The minimum Gasteiger partial charge on any atom is -0.435 e. The standard InChI is InChI=1S/C16H15F2N3O2S/c17-15(18)23-13-3-1-11(2-4-13)5-6-19-14(22)9-12-10-21-7-8-24-16(21)20-12/h1-4,7-8,10,15H,5-6,9H2,(H,19,22). The lowest BCUT2D eigenvalue weighted by atomic mass is 10.1. The van der Waals surface area contributed by atoms with E-state index in [2.05, 4.69) is 15.0 Å². The number of carbonyl (C=O) groups is 1. The van der Waals surface area contributed by atoms with Crippen LogP contribution in [-0.2, 0) is 17.6 Å².